The average Bonchev–Trinajstić information content (AvgIpc) is 2.71. The molecule has 0 atom stereocenters. The van der Waals surface area contributed by atoms with Gasteiger partial charge in [-0.3, -0.25) is 14.5 Å². The molecule has 1 fully saturated rings. The number of phenolic OH excluding ortho intramolecular Hbond substituents is 1. The highest BCUT2D eigenvalue weighted by Crippen LogP contribution is 2.38. The second-order valence-corrected chi connectivity index (χ2v) is 7.03. The van der Waals surface area contributed by atoms with Crippen LogP contribution < -0.4 is 4.74 Å². The van der Waals surface area contributed by atoms with E-state index >= 15 is 0 Å². The highest BCUT2D eigenvalue weighted by molar-refractivity contribution is 9.10. The Morgan fingerprint density at radius 3 is 2.83 bits per heavy atom. The first-order valence-corrected chi connectivity index (χ1v) is 8.47. The zero-order valence-corrected chi connectivity index (χ0v) is 15.1. The third-order valence-electron chi connectivity index (χ3n) is 2.82. The van der Waals surface area contributed by atoms with Crippen molar-refractivity contribution in [3.05, 3.63) is 27.1 Å². The van der Waals surface area contributed by atoms with Gasteiger partial charge >= 0.3 is 5.97 Å². The lowest BCUT2D eigenvalue weighted by atomic mass is 10.1. The van der Waals surface area contributed by atoms with E-state index < -0.39 is 18.4 Å². The third-order valence-corrected chi connectivity index (χ3v) is 4.66. The van der Waals surface area contributed by atoms with Crippen LogP contribution in [-0.4, -0.2) is 44.5 Å². The Morgan fingerprint density at radius 1 is 1.52 bits per heavy atom. The molecule has 0 aliphatic carbocycles. The van der Waals surface area contributed by atoms with Gasteiger partial charge in [0.05, 0.1) is 11.5 Å². The lowest BCUT2D eigenvalue weighted by molar-refractivity contribution is -0.140. The predicted octanol–water partition coefficient (Wildman–Crippen LogP) is 2.84. The SMILES string of the molecule is CCOc1cc(Br)cc(/C=C2\SC(=S)N(CC(=O)O)C2=O)c1O. The van der Waals surface area contributed by atoms with Crippen molar-refractivity contribution in [1.82, 2.24) is 4.90 Å². The fourth-order valence-corrected chi connectivity index (χ4v) is 3.58. The van der Waals surface area contributed by atoms with E-state index in [1.54, 1.807) is 19.1 Å². The summed E-state index contributed by atoms with van der Waals surface area (Å²) in [6, 6.07) is 3.24. The van der Waals surface area contributed by atoms with Gasteiger partial charge in [0.1, 0.15) is 10.9 Å². The molecule has 1 amide bonds. The summed E-state index contributed by atoms with van der Waals surface area (Å²) in [6.45, 7) is 1.68. The van der Waals surface area contributed by atoms with Gasteiger partial charge in [0.25, 0.3) is 5.91 Å². The molecule has 1 aliphatic heterocycles. The first-order chi connectivity index (χ1) is 10.8. The van der Waals surface area contributed by atoms with Crippen molar-refractivity contribution in [3.63, 3.8) is 0 Å². The molecule has 122 valence electrons. The van der Waals surface area contributed by atoms with Crippen LogP contribution in [0.25, 0.3) is 6.08 Å². The molecule has 0 saturated carbocycles. The number of carbonyl (C=O) groups excluding carboxylic acids is 1. The lowest BCUT2D eigenvalue weighted by Gasteiger charge is -2.10. The highest BCUT2D eigenvalue weighted by atomic mass is 79.9. The van der Waals surface area contributed by atoms with Crippen LogP contribution in [0.15, 0.2) is 21.5 Å². The topological polar surface area (TPSA) is 87.1 Å². The van der Waals surface area contributed by atoms with Gasteiger partial charge in [-0.05, 0) is 25.1 Å². The maximum absolute atomic E-state index is 12.2. The predicted molar refractivity (Wildman–Crippen MR) is 94.5 cm³/mol. The normalized spacial score (nSPS) is 16.3. The summed E-state index contributed by atoms with van der Waals surface area (Å²) in [5.74, 6) is -1.46. The second kappa shape index (κ2) is 7.33. The van der Waals surface area contributed by atoms with Crippen LogP contribution >= 0.6 is 39.9 Å². The number of ether oxygens (including phenoxy) is 1. The second-order valence-electron chi connectivity index (χ2n) is 4.44. The van der Waals surface area contributed by atoms with Crippen molar-refractivity contribution in [2.24, 2.45) is 0 Å². The molecule has 23 heavy (non-hydrogen) atoms. The van der Waals surface area contributed by atoms with Crippen LogP contribution in [0.5, 0.6) is 11.5 Å². The minimum Gasteiger partial charge on any atom is -0.504 e. The quantitative estimate of drug-likeness (QED) is 0.562. The average molecular weight is 418 g/mol. The Morgan fingerprint density at radius 2 is 2.22 bits per heavy atom. The standard InChI is InChI=1S/C14H12BrNO5S2/c1-2-21-9-5-8(15)3-7(12(9)19)4-10-13(20)16(6-11(17)18)14(22)23-10/h3-5,19H,2,6H2,1H3,(H,17,18)/b10-4-. The first kappa shape index (κ1) is 17.8. The largest absolute Gasteiger partial charge is 0.504 e. The number of carbonyl (C=O) groups is 2. The number of halogens is 1. The van der Waals surface area contributed by atoms with Crippen molar-refractivity contribution in [2.75, 3.05) is 13.2 Å². The van der Waals surface area contributed by atoms with E-state index in [1.165, 1.54) is 6.08 Å². The number of phenols is 1. The van der Waals surface area contributed by atoms with Crippen molar-refractivity contribution in [3.8, 4) is 11.5 Å². The molecule has 1 heterocycles. The Hall–Kier alpha value is -1.58. The van der Waals surface area contributed by atoms with Crippen molar-refractivity contribution < 1.29 is 24.5 Å². The molecule has 0 unspecified atom stereocenters. The number of carboxylic acid groups (broad SMARTS) is 1. The molecule has 6 nitrogen and oxygen atoms in total. The zero-order chi connectivity index (χ0) is 17.1. The number of thioether (sulfide) groups is 1. The van der Waals surface area contributed by atoms with Crippen molar-refractivity contribution in [1.29, 1.82) is 0 Å². The minimum atomic E-state index is -1.15. The lowest BCUT2D eigenvalue weighted by Crippen LogP contribution is -2.33. The number of amides is 1. The summed E-state index contributed by atoms with van der Waals surface area (Å²) >= 11 is 9.33. The Labute approximate surface area is 150 Å². The van der Waals surface area contributed by atoms with Crippen LogP contribution in [0.2, 0.25) is 0 Å². The summed E-state index contributed by atoms with van der Waals surface area (Å²) in [7, 11) is 0. The fraction of sp³-hybridized carbons (Fsp3) is 0.214. The summed E-state index contributed by atoms with van der Waals surface area (Å²) < 4.78 is 6.17. The summed E-state index contributed by atoms with van der Waals surface area (Å²) in [5.41, 5.74) is 0.374. The molecule has 1 saturated heterocycles. The molecular formula is C14H12BrNO5S2. The van der Waals surface area contributed by atoms with Crippen LogP contribution in [0, 0.1) is 0 Å². The van der Waals surface area contributed by atoms with E-state index in [4.69, 9.17) is 22.1 Å². The van der Waals surface area contributed by atoms with Crippen molar-refractivity contribution in [2.45, 2.75) is 6.92 Å². The number of aromatic hydroxyl groups is 1. The van der Waals surface area contributed by atoms with Gasteiger partial charge < -0.3 is 14.9 Å². The number of benzene rings is 1. The zero-order valence-electron chi connectivity index (χ0n) is 11.9. The van der Waals surface area contributed by atoms with Gasteiger partial charge in [-0.15, -0.1) is 0 Å². The molecular weight excluding hydrogens is 406 g/mol. The Bertz CT molecular complexity index is 719. The monoisotopic (exact) mass is 417 g/mol. The Balaban J connectivity index is 2.37. The maximum Gasteiger partial charge on any atom is 0.323 e. The summed E-state index contributed by atoms with van der Waals surface area (Å²) in [4.78, 5) is 24.3. The van der Waals surface area contributed by atoms with E-state index in [0.717, 1.165) is 16.7 Å². The number of rotatable bonds is 5. The number of carboxylic acids is 1. The van der Waals surface area contributed by atoms with Crippen LogP contribution in [-0.2, 0) is 9.59 Å². The molecule has 0 aromatic heterocycles. The fourth-order valence-electron chi connectivity index (χ4n) is 1.88. The smallest absolute Gasteiger partial charge is 0.323 e. The number of hydrogen-bond acceptors (Lipinski definition) is 6. The molecule has 0 bridgehead atoms. The van der Waals surface area contributed by atoms with Gasteiger partial charge in [-0.2, -0.15) is 0 Å². The van der Waals surface area contributed by atoms with E-state index in [0.29, 0.717) is 16.6 Å². The van der Waals surface area contributed by atoms with E-state index in [2.05, 4.69) is 15.9 Å². The summed E-state index contributed by atoms with van der Waals surface area (Å²) in [5, 5.41) is 19.0. The van der Waals surface area contributed by atoms with Crippen LogP contribution in [0.1, 0.15) is 12.5 Å². The van der Waals surface area contributed by atoms with Gasteiger partial charge in [0.2, 0.25) is 0 Å². The van der Waals surface area contributed by atoms with Crippen molar-refractivity contribution >= 4 is 62.2 Å². The molecule has 1 aliphatic rings. The van der Waals surface area contributed by atoms with Crippen LogP contribution in [0.4, 0.5) is 0 Å². The van der Waals surface area contributed by atoms with E-state index in [1.807, 2.05) is 0 Å². The molecule has 9 heteroatoms. The van der Waals surface area contributed by atoms with Gasteiger partial charge in [0.15, 0.2) is 11.5 Å². The van der Waals surface area contributed by atoms with E-state index in [-0.39, 0.29) is 20.7 Å². The minimum absolute atomic E-state index is 0.0986. The molecule has 1 aromatic rings. The molecule has 0 spiro atoms. The Kier molecular flexibility index (Phi) is 5.66. The van der Waals surface area contributed by atoms with E-state index in [9.17, 15) is 14.7 Å². The number of hydrogen-bond donors (Lipinski definition) is 2. The molecule has 0 radical (unpaired) electrons. The number of aliphatic carboxylic acids is 1. The third kappa shape index (κ3) is 4.04. The maximum atomic E-state index is 12.2. The van der Waals surface area contributed by atoms with Gasteiger partial charge in [-0.1, -0.05) is 39.9 Å². The highest BCUT2D eigenvalue weighted by Gasteiger charge is 2.33. The summed E-state index contributed by atoms with van der Waals surface area (Å²) in [6.07, 6.45) is 1.46. The van der Waals surface area contributed by atoms with Gasteiger partial charge in [0, 0.05) is 10.0 Å². The number of thiocarbonyl (C=S) groups is 1. The molecule has 1 aromatic carbocycles. The molecule has 2 N–H and O–H groups in total. The van der Waals surface area contributed by atoms with Crippen LogP contribution in [0.3, 0.4) is 0 Å². The number of nitrogens with zero attached hydrogens (tertiary/aromatic N) is 1. The van der Waals surface area contributed by atoms with Gasteiger partial charge in [-0.25, -0.2) is 0 Å². The first-order valence-electron chi connectivity index (χ1n) is 6.46. The molecule has 2 rings (SSSR count).